The summed E-state index contributed by atoms with van der Waals surface area (Å²) in [5.74, 6) is 2.62. The van der Waals surface area contributed by atoms with Gasteiger partial charge in [-0.3, -0.25) is 0 Å². The first kappa shape index (κ1) is 18.8. The van der Waals surface area contributed by atoms with Crippen LogP contribution in [0.4, 0.5) is 17.5 Å². The van der Waals surface area contributed by atoms with Gasteiger partial charge in [0.1, 0.15) is 11.6 Å². The van der Waals surface area contributed by atoms with Crippen LogP contribution in [0, 0.1) is 13.8 Å². The van der Waals surface area contributed by atoms with E-state index in [2.05, 4.69) is 61.9 Å². The lowest BCUT2D eigenvalue weighted by molar-refractivity contribution is 0.617. The Bertz CT molecular complexity index is 1340. The Labute approximate surface area is 179 Å². The summed E-state index contributed by atoms with van der Waals surface area (Å²) in [6.45, 7) is 4.67. The van der Waals surface area contributed by atoms with Gasteiger partial charge in [0.15, 0.2) is 0 Å². The molecule has 154 valence electrons. The Kier molecular flexibility index (Phi) is 4.80. The van der Waals surface area contributed by atoms with E-state index in [-0.39, 0.29) is 0 Å². The average Bonchev–Trinajstić information content (AvgIpc) is 3.35. The van der Waals surface area contributed by atoms with E-state index in [0.717, 1.165) is 22.9 Å². The summed E-state index contributed by atoms with van der Waals surface area (Å²) >= 11 is 0. The van der Waals surface area contributed by atoms with Crippen LogP contribution < -0.4 is 10.6 Å². The molecule has 0 fully saturated rings. The van der Waals surface area contributed by atoms with Gasteiger partial charge in [-0.05, 0) is 49.7 Å². The zero-order valence-electron chi connectivity index (χ0n) is 17.2. The van der Waals surface area contributed by atoms with Gasteiger partial charge in [-0.1, -0.05) is 29.8 Å². The van der Waals surface area contributed by atoms with Gasteiger partial charge in [-0.25, -0.2) is 9.97 Å². The third-order valence-electron chi connectivity index (χ3n) is 4.87. The third kappa shape index (κ3) is 4.09. The Morgan fingerprint density at radius 3 is 2.68 bits per heavy atom. The van der Waals surface area contributed by atoms with Crippen molar-refractivity contribution in [1.82, 2.24) is 24.6 Å². The first-order chi connectivity index (χ1) is 15.1. The normalized spacial score (nSPS) is 11.0. The topological polar surface area (TPSA) is 93.2 Å². The molecule has 31 heavy (non-hydrogen) atoms. The molecule has 0 saturated heterocycles. The van der Waals surface area contributed by atoms with Crippen LogP contribution in [0.5, 0.6) is 0 Å². The molecule has 0 saturated carbocycles. The van der Waals surface area contributed by atoms with E-state index in [9.17, 15) is 0 Å². The lowest BCUT2D eigenvalue weighted by atomic mass is 10.1. The van der Waals surface area contributed by atoms with E-state index in [1.54, 1.807) is 16.9 Å². The van der Waals surface area contributed by atoms with Gasteiger partial charge in [0.2, 0.25) is 17.6 Å². The lowest BCUT2D eigenvalue weighted by Gasteiger charge is -2.09. The van der Waals surface area contributed by atoms with E-state index in [0.29, 0.717) is 24.1 Å². The quantitative estimate of drug-likeness (QED) is 0.416. The molecule has 0 amide bonds. The number of rotatable bonds is 6. The first-order valence-electron chi connectivity index (χ1n) is 9.95. The fourth-order valence-electron chi connectivity index (χ4n) is 3.29. The van der Waals surface area contributed by atoms with Gasteiger partial charge < -0.3 is 15.1 Å². The number of nitrogens with zero attached hydrogens (tertiary/aromatic N) is 5. The maximum atomic E-state index is 5.76. The molecule has 2 N–H and O–H groups in total. The van der Waals surface area contributed by atoms with E-state index in [1.807, 2.05) is 37.3 Å². The minimum Gasteiger partial charge on any atom is -0.417 e. The molecule has 8 nitrogen and oxygen atoms in total. The summed E-state index contributed by atoms with van der Waals surface area (Å²) in [7, 11) is 0. The second-order valence-corrected chi connectivity index (χ2v) is 7.27. The molecule has 0 radical (unpaired) electrons. The van der Waals surface area contributed by atoms with Gasteiger partial charge in [0.05, 0.1) is 6.20 Å². The highest BCUT2D eigenvalue weighted by molar-refractivity contribution is 5.62. The van der Waals surface area contributed by atoms with Crippen molar-refractivity contribution < 1.29 is 4.42 Å². The fourth-order valence-corrected chi connectivity index (χ4v) is 3.29. The van der Waals surface area contributed by atoms with Crippen molar-refractivity contribution in [2.75, 3.05) is 10.6 Å². The molecular weight excluding hydrogens is 390 g/mol. The number of hydrogen-bond donors (Lipinski definition) is 2. The molecule has 5 rings (SSSR count). The Balaban J connectivity index is 1.27. The van der Waals surface area contributed by atoms with Gasteiger partial charge in [0.25, 0.3) is 0 Å². The number of benzene rings is 2. The molecule has 0 aliphatic carbocycles. The van der Waals surface area contributed by atoms with Crippen LogP contribution in [0.2, 0.25) is 0 Å². The summed E-state index contributed by atoms with van der Waals surface area (Å²) in [5.41, 5.74) is 4.82. The van der Waals surface area contributed by atoms with Crippen LogP contribution in [-0.2, 0) is 6.54 Å². The smallest absolute Gasteiger partial charge is 0.246 e. The largest absolute Gasteiger partial charge is 0.417 e. The standard InChI is InChI=1S/C23H21N7O/c1-15-4-3-5-17(12-15)13-26-20-10-11-24-23(28-20)27-19-8-6-18(7-9-19)22-29-30-16(2)25-14-21(30)31-22/h3-12,14H,13H2,1-2H3,(H2,24,26,27,28). The SMILES string of the molecule is Cc1cccc(CNc2ccnc(Nc3ccc(-c4nn5c(C)ncc5o4)cc3)n2)c1. The van der Waals surface area contributed by atoms with Crippen LogP contribution >= 0.6 is 0 Å². The minimum absolute atomic E-state index is 0.522. The predicted molar refractivity (Wildman–Crippen MR) is 119 cm³/mol. The van der Waals surface area contributed by atoms with E-state index in [4.69, 9.17) is 4.42 Å². The van der Waals surface area contributed by atoms with Crippen LogP contribution in [-0.4, -0.2) is 24.6 Å². The molecule has 0 aliphatic heterocycles. The monoisotopic (exact) mass is 411 g/mol. The van der Waals surface area contributed by atoms with Crippen LogP contribution in [0.15, 0.2) is 71.4 Å². The molecule has 0 spiro atoms. The zero-order valence-corrected chi connectivity index (χ0v) is 17.2. The second kappa shape index (κ2) is 7.91. The average molecular weight is 411 g/mol. The molecular formula is C23H21N7O. The molecule has 5 aromatic rings. The molecule has 8 heteroatoms. The highest BCUT2D eigenvalue weighted by Crippen LogP contribution is 2.23. The van der Waals surface area contributed by atoms with Gasteiger partial charge >= 0.3 is 0 Å². The van der Waals surface area contributed by atoms with Crippen molar-refractivity contribution in [3.8, 4) is 11.5 Å². The maximum absolute atomic E-state index is 5.76. The number of aryl methyl sites for hydroxylation is 2. The first-order valence-corrected chi connectivity index (χ1v) is 9.95. The molecule has 0 atom stereocenters. The van der Waals surface area contributed by atoms with Gasteiger partial charge in [0, 0.05) is 24.0 Å². The van der Waals surface area contributed by atoms with Crippen molar-refractivity contribution in [2.24, 2.45) is 0 Å². The Hall–Kier alpha value is -4.20. The Morgan fingerprint density at radius 2 is 1.87 bits per heavy atom. The highest BCUT2D eigenvalue weighted by Gasteiger charge is 2.11. The van der Waals surface area contributed by atoms with E-state index >= 15 is 0 Å². The Morgan fingerprint density at radius 1 is 1.00 bits per heavy atom. The summed E-state index contributed by atoms with van der Waals surface area (Å²) in [6, 6.07) is 18.0. The number of aromatic nitrogens is 5. The maximum Gasteiger partial charge on any atom is 0.246 e. The molecule has 2 aromatic carbocycles. The van der Waals surface area contributed by atoms with E-state index in [1.165, 1.54) is 11.1 Å². The third-order valence-corrected chi connectivity index (χ3v) is 4.87. The van der Waals surface area contributed by atoms with E-state index < -0.39 is 0 Å². The number of imidazole rings is 1. The second-order valence-electron chi connectivity index (χ2n) is 7.27. The lowest BCUT2D eigenvalue weighted by Crippen LogP contribution is -2.04. The number of fused-ring (bicyclic) bond motifs is 1. The molecule has 3 heterocycles. The van der Waals surface area contributed by atoms with Gasteiger partial charge in [-0.15, -0.1) is 5.10 Å². The molecule has 3 aromatic heterocycles. The van der Waals surface area contributed by atoms with Gasteiger partial charge in [-0.2, -0.15) is 9.50 Å². The molecule has 0 aliphatic rings. The summed E-state index contributed by atoms with van der Waals surface area (Å²) in [4.78, 5) is 13.0. The van der Waals surface area contributed by atoms with Crippen LogP contribution in [0.1, 0.15) is 17.0 Å². The summed E-state index contributed by atoms with van der Waals surface area (Å²) in [6.07, 6.45) is 3.40. The minimum atomic E-state index is 0.522. The zero-order chi connectivity index (χ0) is 21.2. The van der Waals surface area contributed by atoms with Crippen LogP contribution in [0.25, 0.3) is 17.2 Å². The summed E-state index contributed by atoms with van der Waals surface area (Å²) in [5, 5.41) is 11.0. The number of anilines is 3. The van der Waals surface area contributed by atoms with Crippen LogP contribution in [0.3, 0.4) is 0 Å². The van der Waals surface area contributed by atoms with Crippen molar-refractivity contribution in [3.63, 3.8) is 0 Å². The van der Waals surface area contributed by atoms with Crippen molar-refractivity contribution in [3.05, 3.63) is 83.9 Å². The van der Waals surface area contributed by atoms with Crippen molar-refractivity contribution in [1.29, 1.82) is 0 Å². The van der Waals surface area contributed by atoms with Crippen molar-refractivity contribution >= 4 is 23.2 Å². The predicted octanol–water partition coefficient (Wildman–Crippen LogP) is 4.75. The molecule has 0 unspecified atom stereocenters. The number of nitrogens with one attached hydrogen (secondary N) is 2. The van der Waals surface area contributed by atoms with Crippen molar-refractivity contribution in [2.45, 2.75) is 20.4 Å². The fraction of sp³-hybridized carbons (Fsp3) is 0.130. The number of hydrogen-bond acceptors (Lipinski definition) is 7. The summed E-state index contributed by atoms with van der Waals surface area (Å²) < 4.78 is 7.44. The highest BCUT2D eigenvalue weighted by atomic mass is 16.4. The molecule has 0 bridgehead atoms.